The van der Waals surface area contributed by atoms with Crippen molar-refractivity contribution in [3.8, 4) is 34.2 Å². The van der Waals surface area contributed by atoms with Gasteiger partial charge in [-0.2, -0.15) is 5.10 Å². The quantitative estimate of drug-likeness (QED) is 0.475. The number of methoxy groups -OCH3 is 1. The van der Waals surface area contributed by atoms with Crippen LogP contribution in [0, 0.1) is 11.2 Å². The number of nitrogens with one attached hydrogen (secondary N) is 1. The summed E-state index contributed by atoms with van der Waals surface area (Å²) in [4.78, 5) is 16.1. The Morgan fingerprint density at radius 3 is 2.80 bits per heavy atom. The smallest absolute Gasteiger partial charge is 0.166 e. The Morgan fingerprint density at radius 2 is 1.94 bits per heavy atom. The number of hydrogen-bond acceptors (Lipinski definition) is 7. The lowest BCUT2D eigenvalue weighted by Crippen LogP contribution is -2.29. The summed E-state index contributed by atoms with van der Waals surface area (Å²) >= 11 is 0. The van der Waals surface area contributed by atoms with Gasteiger partial charge in [0.05, 0.1) is 24.6 Å². The molecule has 6 rings (SSSR count). The fourth-order valence-electron chi connectivity index (χ4n) is 5.10. The van der Waals surface area contributed by atoms with E-state index in [0.29, 0.717) is 16.9 Å². The van der Waals surface area contributed by atoms with Crippen molar-refractivity contribution in [2.45, 2.75) is 12.8 Å². The molecule has 2 aliphatic rings. The van der Waals surface area contributed by atoms with Gasteiger partial charge in [-0.05, 0) is 49.7 Å². The van der Waals surface area contributed by atoms with Crippen LogP contribution in [0.15, 0.2) is 61.1 Å². The molecule has 2 aliphatic heterocycles. The monoisotopic (exact) mass is 471 g/mol. The first kappa shape index (κ1) is 21.7. The molecule has 178 valence electrons. The van der Waals surface area contributed by atoms with Crippen molar-refractivity contribution >= 4 is 5.82 Å². The van der Waals surface area contributed by atoms with Crippen LogP contribution in [0.5, 0.6) is 5.75 Å². The fourth-order valence-corrected chi connectivity index (χ4v) is 5.10. The molecule has 0 bridgehead atoms. The second kappa shape index (κ2) is 8.74. The highest BCUT2D eigenvalue weighted by atomic mass is 19.1. The number of ether oxygens (including phenoxy) is 1. The molecule has 0 aliphatic carbocycles. The standard InChI is InChI=1S/C26H26FN7O/c1-35-21-5-2-4-19(27)24(21)25-29-11-8-20(31-25)18-14-30-34(15-18)23-7-3-6-22(32-23)33-13-10-26(17-33)9-12-28-16-26/h2-8,11,14-15,28H,9-10,12-13,16-17H2,1H3. The number of anilines is 1. The summed E-state index contributed by atoms with van der Waals surface area (Å²) in [5, 5.41) is 8.03. The van der Waals surface area contributed by atoms with Gasteiger partial charge in [0.1, 0.15) is 17.4 Å². The van der Waals surface area contributed by atoms with Crippen LogP contribution in [0.4, 0.5) is 10.2 Å². The minimum Gasteiger partial charge on any atom is -0.496 e. The van der Waals surface area contributed by atoms with Crippen molar-refractivity contribution in [3.63, 3.8) is 0 Å². The average Bonchev–Trinajstić information content (AvgIpc) is 3.66. The Balaban J connectivity index is 1.27. The van der Waals surface area contributed by atoms with E-state index in [2.05, 4.69) is 31.3 Å². The summed E-state index contributed by atoms with van der Waals surface area (Å²) in [5.41, 5.74) is 2.04. The highest BCUT2D eigenvalue weighted by molar-refractivity contribution is 5.68. The number of halogens is 1. The second-order valence-corrected chi connectivity index (χ2v) is 9.21. The van der Waals surface area contributed by atoms with Crippen molar-refractivity contribution < 1.29 is 9.13 Å². The average molecular weight is 472 g/mol. The lowest BCUT2D eigenvalue weighted by Gasteiger charge is -2.23. The molecule has 0 radical (unpaired) electrons. The van der Waals surface area contributed by atoms with E-state index in [1.54, 1.807) is 35.3 Å². The number of nitrogens with zero attached hydrogens (tertiary/aromatic N) is 6. The largest absolute Gasteiger partial charge is 0.496 e. The zero-order chi connectivity index (χ0) is 23.8. The van der Waals surface area contributed by atoms with E-state index < -0.39 is 5.82 Å². The third kappa shape index (κ3) is 4.01. The van der Waals surface area contributed by atoms with E-state index in [0.717, 1.165) is 43.4 Å². The third-order valence-corrected chi connectivity index (χ3v) is 7.00. The van der Waals surface area contributed by atoms with E-state index in [-0.39, 0.29) is 11.4 Å². The maximum atomic E-state index is 14.6. The van der Waals surface area contributed by atoms with Gasteiger partial charge >= 0.3 is 0 Å². The Hall–Kier alpha value is -3.85. The summed E-state index contributed by atoms with van der Waals surface area (Å²) < 4.78 is 21.6. The Kier molecular flexibility index (Phi) is 5.41. The molecular formula is C26H26FN7O. The fraction of sp³-hybridized carbons (Fsp3) is 0.308. The first-order chi connectivity index (χ1) is 17.1. The van der Waals surface area contributed by atoms with E-state index in [4.69, 9.17) is 9.72 Å². The summed E-state index contributed by atoms with van der Waals surface area (Å²) in [6.07, 6.45) is 7.64. The molecule has 0 saturated carbocycles. The molecular weight excluding hydrogens is 445 g/mol. The molecule has 5 heterocycles. The number of rotatable bonds is 5. The second-order valence-electron chi connectivity index (χ2n) is 9.21. The number of benzene rings is 1. The predicted molar refractivity (Wildman–Crippen MR) is 131 cm³/mol. The van der Waals surface area contributed by atoms with Crippen LogP contribution in [-0.4, -0.2) is 58.0 Å². The van der Waals surface area contributed by atoms with Crippen LogP contribution in [-0.2, 0) is 0 Å². The molecule has 1 unspecified atom stereocenters. The molecule has 9 heteroatoms. The normalized spacial score (nSPS) is 19.5. The molecule has 0 amide bonds. The van der Waals surface area contributed by atoms with Crippen LogP contribution >= 0.6 is 0 Å². The molecule has 1 aromatic carbocycles. The van der Waals surface area contributed by atoms with Gasteiger partial charge in [0.15, 0.2) is 11.6 Å². The van der Waals surface area contributed by atoms with Crippen molar-refractivity contribution in [2.24, 2.45) is 5.41 Å². The van der Waals surface area contributed by atoms with Crippen LogP contribution < -0.4 is 15.0 Å². The summed E-state index contributed by atoms with van der Waals surface area (Å²) in [5.74, 6) is 1.92. The molecule has 1 atom stereocenters. The van der Waals surface area contributed by atoms with E-state index in [1.165, 1.54) is 26.0 Å². The number of pyridine rings is 1. The maximum Gasteiger partial charge on any atom is 0.166 e. The van der Waals surface area contributed by atoms with Gasteiger partial charge in [-0.3, -0.25) is 0 Å². The highest BCUT2D eigenvalue weighted by Crippen LogP contribution is 2.38. The number of hydrogen-bond donors (Lipinski definition) is 1. The molecule has 1 N–H and O–H groups in total. The molecule has 3 aromatic heterocycles. The highest BCUT2D eigenvalue weighted by Gasteiger charge is 2.40. The lowest BCUT2D eigenvalue weighted by atomic mass is 9.87. The minimum atomic E-state index is -0.435. The van der Waals surface area contributed by atoms with E-state index in [1.807, 2.05) is 18.3 Å². The van der Waals surface area contributed by atoms with Crippen LogP contribution in [0.25, 0.3) is 28.5 Å². The van der Waals surface area contributed by atoms with Crippen molar-refractivity contribution in [1.29, 1.82) is 0 Å². The molecule has 1 spiro atoms. The molecule has 8 nitrogen and oxygen atoms in total. The van der Waals surface area contributed by atoms with Gasteiger partial charge in [-0.1, -0.05) is 12.1 Å². The van der Waals surface area contributed by atoms with Gasteiger partial charge < -0.3 is 15.0 Å². The Morgan fingerprint density at radius 1 is 1.06 bits per heavy atom. The Bertz CT molecular complexity index is 1370. The maximum absolute atomic E-state index is 14.6. The molecule has 35 heavy (non-hydrogen) atoms. The van der Waals surface area contributed by atoms with Crippen LogP contribution in [0.3, 0.4) is 0 Å². The topological polar surface area (TPSA) is 81.0 Å². The van der Waals surface area contributed by atoms with E-state index >= 15 is 0 Å². The van der Waals surface area contributed by atoms with Crippen molar-refractivity contribution in [2.75, 3.05) is 38.2 Å². The zero-order valence-electron chi connectivity index (χ0n) is 19.5. The van der Waals surface area contributed by atoms with Gasteiger partial charge in [0, 0.05) is 43.0 Å². The SMILES string of the molecule is COc1cccc(F)c1-c1nccc(-c2cnn(-c3cccc(N4CCC5(CCNC5)C4)n3)c2)n1. The van der Waals surface area contributed by atoms with E-state index in [9.17, 15) is 4.39 Å². The predicted octanol–water partition coefficient (Wildman–Crippen LogP) is 3.73. The van der Waals surface area contributed by atoms with Gasteiger partial charge in [0.2, 0.25) is 0 Å². The summed E-state index contributed by atoms with van der Waals surface area (Å²) in [7, 11) is 1.50. The van der Waals surface area contributed by atoms with Gasteiger partial charge in [-0.15, -0.1) is 0 Å². The third-order valence-electron chi connectivity index (χ3n) is 7.00. The lowest BCUT2D eigenvalue weighted by molar-refractivity contribution is 0.369. The molecule has 2 fully saturated rings. The zero-order valence-corrected chi connectivity index (χ0v) is 19.5. The van der Waals surface area contributed by atoms with Gasteiger partial charge in [-0.25, -0.2) is 24.0 Å². The van der Waals surface area contributed by atoms with Crippen LogP contribution in [0.2, 0.25) is 0 Å². The minimum absolute atomic E-state index is 0.236. The Labute approximate surface area is 202 Å². The van der Waals surface area contributed by atoms with Crippen LogP contribution in [0.1, 0.15) is 12.8 Å². The first-order valence-electron chi connectivity index (χ1n) is 11.8. The van der Waals surface area contributed by atoms with Gasteiger partial charge in [0.25, 0.3) is 0 Å². The number of aromatic nitrogens is 5. The first-order valence-corrected chi connectivity index (χ1v) is 11.8. The molecule has 2 saturated heterocycles. The van der Waals surface area contributed by atoms with Crippen molar-refractivity contribution in [1.82, 2.24) is 30.0 Å². The molecule has 4 aromatic rings. The van der Waals surface area contributed by atoms with Crippen molar-refractivity contribution in [3.05, 3.63) is 66.9 Å². The summed E-state index contributed by atoms with van der Waals surface area (Å²) in [6.45, 7) is 4.24. The summed E-state index contributed by atoms with van der Waals surface area (Å²) in [6, 6.07) is 12.5.